The van der Waals surface area contributed by atoms with Gasteiger partial charge in [-0.1, -0.05) is 30.3 Å². The molecule has 0 fully saturated rings. The molecule has 0 saturated heterocycles. The second-order valence-corrected chi connectivity index (χ2v) is 7.29. The van der Waals surface area contributed by atoms with Gasteiger partial charge in [0.2, 0.25) is 0 Å². The van der Waals surface area contributed by atoms with Crippen molar-refractivity contribution in [1.82, 2.24) is 4.90 Å². The van der Waals surface area contributed by atoms with Crippen LogP contribution in [-0.2, 0) is 0 Å². The number of carbonyl (C=O) groups excluding carboxylic acids is 2. The largest absolute Gasteiger partial charge is 0.492 e. The lowest BCUT2D eigenvalue weighted by molar-refractivity contribution is 0.0744. The van der Waals surface area contributed by atoms with Crippen molar-refractivity contribution in [3.05, 3.63) is 90.2 Å². The first kappa shape index (κ1) is 21.0. The topological polar surface area (TPSA) is 97.8 Å². The molecule has 4 rings (SSSR count). The summed E-state index contributed by atoms with van der Waals surface area (Å²) in [6.07, 6.45) is 0. The molecule has 1 heterocycles. The number of nitrogens with one attached hydrogen (secondary N) is 1. The molecule has 0 aliphatic rings. The minimum atomic E-state index is -0.259. The Morgan fingerprint density at radius 3 is 2.47 bits per heavy atom. The highest BCUT2D eigenvalue weighted by molar-refractivity contribution is 6.05. The first-order valence-corrected chi connectivity index (χ1v) is 10.1. The van der Waals surface area contributed by atoms with E-state index in [1.165, 1.54) is 0 Å². The molecule has 0 atom stereocenters. The molecular weight excluding hydrogens is 406 g/mol. The predicted octanol–water partition coefficient (Wildman–Crippen LogP) is 4.42. The van der Waals surface area contributed by atoms with E-state index >= 15 is 0 Å². The zero-order valence-electron chi connectivity index (χ0n) is 17.6. The van der Waals surface area contributed by atoms with Crippen molar-refractivity contribution < 1.29 is 18.7 Å². The lowest BCUT2D eigenvalue weighted by atomic mass is 10.2. The first-order valence-electron chi connectivity index (χ1n) is 10.1. The summed E-state index contributed by atoms with van der Waals surface area (Å²) in [6, 6.07) is 23.1. The molecule has 0 unspecified atom stereocenters. The molecule has 2 amide bonds. The lowest BCUT2D eigenvalue weighted by Gasteiger charge is -2.16. The SMILES string of the molecule is CN(CCOc1ccc(C(=O)Nc2ccccc2N)cc1)C(=O)c1cc2ccccc2o1. The second kappa shape index (κ2) is 9.26. The fraction of sp³-hybridized carbons (Fsp3) is 0.120. The van der Waals surface area contributed by atoms with Gasteiger partial charge in [0.15, 0.2) is 5.76 Å². The van der Waals surface area contributed by atoms with Gasteiger partial charge in [0.1, 0.15) is 17.9 Å². The Morgan fingerprint density at radius 1 is 1.00 bits per heavy atom. The van der Waals surface area contributed by atoms with Crippen LogP contribution in [-0.4, -0.2) is 36.9 Å². The number of furan rings is 1. The number of hydrogen-bond acceptors (Lipinski definition) is 5. The maximum absolute atomic E-state index is 12.6. The molecule has 7 heteroatoms. The van der Waals surface area contributed by atoms with Gasteiger partial charge in [0, 0.05) is 18.0 Å². The van der Waals surface area contributed by atoms with Gasteiger partial charge in [-0.25, -0.2) is 0 Å². The summed E-state index contributed by atoms with van der Waals surface area (Å²) in [5.74, 6) is 0.427. The summed E-state index contributed by atoms with van der Waals surface area (Å²) in [5.41, 5.74) is 8.09. The monoisotopic (exact) mass is 429 g/mol. The number of benzene rings is 3. The summed E-state index contributed by atoms with van der Waals surface area (Å²) >= 11 is 0. The highest BCUT2D eigenvalue weighted by Gasteiger charge is 2.16. The second-order valence-electron chi connectivity index (χ2n) is 7.29. The van der Waals surface area contributed by atoms with Crippen LogP contribution in [0, 0.1) is 0 Å². The molecular formula is C25H23N3O4. The minimum Gasteiger partial charge on any atom is -0.492 e. The zero-order valence-corrected chi connectivity index (χ0v) is 17.6. The van der Waals surface area contributed by atoms with E-state index in [0.717, 1.165) is 5.39 Å². The Labute approximate surface area is 185 Å². The van der Waals surface area contributed by atoms with Crippen LogP contribution < -0.4 is 15.8 Å². The van der Waals surface area contributed by atoms with Crippen molar-refractivity contribution in [3.63, 3.8) is 0 Å². The van der Waals surface area contributed by atoms with Crippen LogP contribution in [0.4, 0.5) is 11.4 Å². The summed E-state index contributed by atoms with van der Waals surface area (Å²) in [5, 5.41) is 3.67. The lowest BCUT2D eigenvalue weighted by Crippen LogP contribution is -2.30. The number of fused-ring (bicyclic) bond motifs is 1. The third-order valence-electron chi connectivity index (χ3n) is 5.00. The third kappa shape index (κ3) is 4.73. The van der Waals surface area contributed by atoms with Crippen LogP contribution in [0.2, 0.25) is 0 Å². The number of rotatable bonds is 7. The van der Waals surface area contributed by atoms with E-state index in [9.17, 15) is 9.59 Å². The quantitative estimate of drug-likeness (QED) is 0.424. The van der Waals surface area contributed by atoms with E-state index in [1.54, 1.807) is 66.5 Å². The zero-order chi connectivity index (χ0) is 22.5. The van der Waals surface area contributed by atoms with Crippen LogP contribution in [0.3, 0.4) is 0 Å². The number of nitrogens with two attached hydrogens (primary N) is 1. The molecule has 3 N–H and O–H groups in total. The molecule has 1 aromatic heterocycles. The number of carbonyl (C=O) groups is 2. The summed E-state index contributed by atoms with van der Waals surface area (Å²) in [4.78, 5) is 26.5. The molecule has 0 aliphatic heterocycles. The number of para-hydroxylation sites is 3. The van der Waals surface area contributed by atoms with Gasteiger partial charge >= 0.3 is 0 Å². The van der Waals surface area contributed by atoms with Crippen molar-refractivity contribution in [2.24, 2.45) is 0 Å². The number of anilines is 2. The Hall–Kier alpha value is -4.26. The number of amides is 2. The molecule has 0 bridgehead atoms. The molecule has 3 aromatic carbocycles. The standard InChI is InChI=1S/C25H23N3O4/c1-28(25(30)23-16-18-6-2-5-9-22(18)32-23)14-15-31-19-12-10-17(11-13-19)24(29)27-21-8-4-3-7-20(21)26/h2-13,16H,14-15,26H2,1H3,(H,27,29). The van der Waals surface area contributed by atoms with Crippen LogP contribution in [0.1, 0.15) is 20.9 Å². The van der Waals surface area contributed by atoms with E-state index in [1.807, 2.05) is 24.3 Å². The van der Waals surface area contributed by atoms with E-state index < -0.39 is 0 Å². The van der Waals surface area contributed by atoms with Crippen molar-refractivity contribution in [2.45, 2.75) is 0 Å². The van der Waals surface area contributed by atoms with E-state index in [0.29, 0.717) is 47.2 Å². The average molecular weight is 429 g/mol. The molecule has 0 radical (unpaired) electrons. The molecule has 4 aromatic rings. The van der Waals surface area contributed by atoms with E-state index in [2.05, 4.69) is 5.32 Å². The van der Waals surface area contributed by atoms with Gasteiger partial charge < -0.3 is 25.1 Å². The molecule has 0 spiro atoms. The Morgan fingerprint density at radius 2 is 1.72 bits per heavy atom. The van der Waals surface area contributed by atoms with Gasteiger partial charge in [0.25, 0.3) is 11.8 Å². The van der Waals surface area contributed by atoms with Crippen LogP contribution in [0.5, 0.6) is 5.75 Å². The van der Waals surface area contributed by atoms with Gasteiger partial charge in [-0.05, 0) is 48.5 Å². The van der Waals surface area contributed by atoms with Crippen LogP contribution in [0.15, 0.2) is 83.3 Å². The van der Waals surface area contributed by atoms with Crippen molar-refractivity contribution in [1.29, 1.82) is 0 Å². The normalized spacial score (nSPS) is 10.7. The molecule has 0 aliphatic carbocycles. The van der Waals surface area contributed by atoms with Gasteiger partial charge in [-0.2, -0.15) is 0 Å². The third-order valence-corrected chi connectivity index (χ3v) is 5.00. The van der Waals surface area contributed by atoms with Crippen molar-refractivity contribution in [3.8, 4) is 5.75 Å². The average Bonchev–Trinajstić information content (AvgIpc) is 3.24. The molecule has 7 nitrogen and oxygen atoms in total. The fourth-order valence-corrected chi connectivity index (χ4v) is 3.19. The highest BCUT2D eigenvalue weighted by atomic mass is 16.5. The number of nitrogen functional groups attached to an aromatic ring is 1. The smallest absolute Gasteiger partial charge is 0.289 e. The Kier molecular flexibility index (Phi) is 6.07. The Bertz CT molecular complexity index is 1210. The maximum atomic E-state index is 12.6. The maximum Gasteiger partial charge on any atom is 0.289 e. The van der Waals surface area contributed by atoms with E-state index in [4.69, 9.17) is 14.9 Å². The molecule has 32 heavy (non-hydrogen) atoms. The van der Waals surface area contributed by atoms with Crippen molar-refractivity contribution >= 4 is 34.2 Å². The summed E-state index contributed by atoms with van der Waals surface area (Å²) < 4.78 is 11.3. The molecule has 0 saturated carbocycles. The first-order chi connectivity index (χ1) is 15.5. The highest BCUT2D eigenvalue weighted by Crippen LogP contribution is 2.21. The molecule has 162 valence electrons. The number of nitrogens with zero attached hydrogens (tertiary/aromatic N) is 1. The van der Waals surface area contributed by atoms with E-state index in [-0.39, 0.29) is 11.8 Å². The Balaban J connectivity index is 1.29. The summed E-state index contributed by atoms with van der Waals surface area (Å²) in [6.45, 7) is 0.681. The number of ether oxygens (including phenoxy) is 1. The van der Waals surface area contributed by atoms with Gasteiger partial charge in [-0.3, -0.25) is 9.59 Å². The number of likely N-dealkylation sites (N-methyl/N-ethyl adjacent to an activating group) is 1. The van der Waals surface area contributed by atoms with Crippen LogP contribution >= 0.6 is 0 Å². The van der Waals surface area contributed by atoms with Crippen molar-refractivity contribution in [2.75, 3.05) is 31.2 Å². The number of hydrogen-bond donors (Lipinski definition) is 2. The van der Waals surface area contributed by atoms with Gasteiger partial charge in [0.05, 0.1) is 17.9 Å². The summed E-state index contributed by atoms with van der Waals surface area (Å²) in [7, 11) is 1.70. The minimum absolute atomic E-state index is 0.211. The van der Waals surface area contributed by atoms with Crippen LogP contribution in [0.25, 0.3) is 11.0 Å². The van der Waals surface area contributed by atoms with Gasteiger partial charge in [-0.15, -0.1) is 0 Å². The predicted molar refractivity (Wildman–Crippen MR) is 124 cm³/mol. The fourth-order valence-electron chi connectivity index (χ4n) is 3.19.